The molecule has 2 bridgehead atoms. The van der Waals surface area contributed by atoms with Gasteiger partial charge < -0.3 is 9.47 Å². The highest BCUT2D eigenvalue weighted by Gasteiger charge is 2.72. The lowest BCUT2D eigenvalue weighted by Crippen LogP contribution is -2.51. The fourth-order valence-electron chi connectivity index (χ4n) is 4.98. The van der Waals surface area contributed by atoms with Crippen LogP contribution in [-0.4, -0.2) is 65.6 Å². The van der Waals surface area contributed by atoms with E-state index in [4.69, 9.17) is 9.29 Å². The molecule has 6 atom stereocenters. The van der Waals surface area contributed by atoms with E-state index < -0.39 is 92.9 Å². The summed E-state index contributed by atoms with van der Waals surface area (Å²) in [6, 6.07) is -0.787. The minimum absolute atomic E-state index is 0.222. The summed E-state index contributed by atoms with van der Waals surface area (Å²) in [5, 5.41) is -4.74. The zero-order valence-corrected chi connectivity index (χ0v) is 19.6. The fourth-order valence-corrected chi connectivity index (χ4v) is 5.19. The third kappa shape index (κ3) is 4.13. The van der Waals surface area contributed by atoms with Crippen LogP contribution in [0.1, 0.15) is 41.0 Å². The van der Waals surface area contributed by atoms with Crippen LogP contribution >= 0.6 is 0 Å². The van der Waals surface area contributed by atoms with Crippen LogP contribution in [0, 0.1) is 35.0 Å². The van der Waals surface area contributed by atoms with E-state index >= 15 is 0 Å². The number of hydrogen-bond acceptors (Lipinski definition) is 8. The molecular formula is C20H27F2NO9S. The minimum atomic E-state index is -5.83. The second kappa shape index (κ2) is 7.97. The minimum Gasteiger partial charge on any atom is -0.460 e. The molecule has 2 saturated carbocycles. The molecule has 6 unspecified atom stereocenters. The third-order valence-electron chi connectivity index (χ3n) is 6.49. The van der Waals surface area contributed by atoms with Crippen LogP contribution in [0.3, 0.4) is 0 Å². The molecule has 2 aliphatic carbocycles. The molecule has 0 radical (unpaired) electrons. The Morgan fingerprint density at radius 1 is 1.18 bits per heavy atom. The third-order valence-corrected chi connectivity index (χ3v) is 7.36. The molecule has 0 spiro atoms. The van der Waals surface area contributed by atoms with Gasteiger partial charge in [0.2, 0.25) is 11.8 Å². The van der Waals surface area contributed by atoms with E-state index in [9.17, 15) is 36.4 Å². The molecule has 0 aromatic heterocycles. The predicted octanol–water partition coefficient (Wildman–Crippen LogP) is 1.24. The van der Waals surface area contributed by atoms with Gasteiger partial charge in [0.05, 0.1) is 23.8 Å². The summed E-state index contributed by atoms with van der Waals surface area (Å²) in [5.41, 5.74) is -0.961. The number of rotatable bonds is 6. The number of halogens is 2. The van der Waals surface area contributed by atoms with Crippen LogP contribution in [0.2, 0.25) is 0 Å². The Labute approximate surface area is 189 Å². The van der Waals surface area contributed by atoms with Crippen molar-refractivity contribution in [1.29, 1.82) is 0 Å². The molecule has 3 rings (SSSR count). The first-order chi connectivity index (χ1) is 14.9. The Balaban J connectivity index is 1.93. The summed E-state index contributed by atoms with van der Waals surface area (Å²) in [7, 11) is -5.83. The number of alkyl halides is 2. The Bertz CT molecular complexity index is 988. The molecular weight excluding hydrogens is 468 g/mol. The SMILES string of the molecule is CC(C)C(=O)OC1C2CC3C(C(=O)N(C(=O)C(C)(C)C)C31)C2C(=O)OCC(F)(F)S(=O)(=O)O. The van der Waals surface area contributed by atoms with E-state index in [0.717, 1.165) is 4.90 Å². The molecule has 1 aliphatic heterocycles. The summed E-state index contributed by atoms with van der Waals surface area (Å²) >= 11 is 0. The van der Waals surface area contributed by atoms with Gasteiger partial charge in [-0.2, -0.15) is 17.2 Å². The average molecular weight is 495 g/mol. The lowest BCUT2D eigenvalue weighted by molar-refractivity contribution is -0.169. The van der Waals surface area contributed by atoms with Gasteiger partial charge in [0, 0.05) is 11.3 Å². The number of fused-ring (bicyclic) bond motifs is 1. The average Bonchev–Trinajstić information content (AvgIpc) is 3.26. The normalized spacial score (nSPS) is 31.3. The maximum Gasteiger partial charge on any atom is 0.402 e. The van der Waals surface area contributed by atoms with Crippen molar-refractivity contribution in [2.75, 3.05) is 6.61 Å². The first-order valence-electron chi connectivity index (χ1n) is 10.5. The van der Waals surface area contributed by atoms with Crippen molar-refractivity contribution in [3.8, 4) is 0 Å². The number of carbonyl (C=O) groups is 4. The van der Waals surface area contributed by atoms with Crippen molar-refractivity contribution in [2.24, 2.45) is 35.0 Å². The van der Waals surface area contributed by atoms with Gasteiger partial charge in [-0.1, -0.05) is 34.6 Å². The van der Waals surface area contributed by atoms with Crippen LogP contribution in [0.5, 0.6) is 0 Å². The lowest BCUT2D eigenvalue weighted by Gasteiger charge is -2.35. The maximum atomic E-state index is 13.6. The molecule has 0 aromatic carbocycles. The van der Waals surface area contributed by atoms with Crippen molar-refractivity contribution >= 4 is 33.9 Å². The van der Waals surface area contributed by atoms with E-state index in [1.165, 1.54) is 0 Å². The van der Waals surface area contributed by atoms with Crippen molar-refractivity contribution in [1.82, 2.24) is 4.90 Å². The van der Waals surface area contributed by atoms with Gasteiger partial charge in [-0.15, -0.1) is 0 Å². The molecule has 13 heteroatoms. The molecule has 1 saturated heterocycles. The topological polar surface area (TPSA) is 144 Å². The summed E-state index contributed by atoms with van der Waals surface area (Å²) in [6.07, 6.45) is -0.807. The highest BCUT2D eigenvalue weighted by Crippen LogP contribution is 2.60. The molecule has 186 valence electrons. The summed E-state index contributed by atoms with van der Waals surface area (Å²) in [5.74, 6) is -7.31. The van der Waals surface area contributed by atoms with Crippen molar-refractivity contribution < 1.29 is 50.4 Å². The van der Waals surface area contributed by atoms with E-state index in [1.807, 2.05) is 0 Å². The molecule has 10 nitrogen and oxygen atoms in total. The zero-order chi connectivity index (χ0) is 25.3. The highest BCUT2D eigenvalue weighted by molar-refractivity contribution is 7.86. The lowest BCUT2D eigenvalue weighted by atomic mass is 9.78. The van der Waals surface area contributed by atoms with Gasteiger partial charge in [0.25, 0.3) is 0 Å². The van der Waals surface area contributed by atoms with Crippen molar-refractivity contribution in [2.45, 2.75) is 58.4 Å². The first-order valence-corrected chi connectivity index (χ1v) is 11.9. The number of amides is 2. The fraction of sp³-hybridized carbons (Fsp3) is 0.800. The number of imide groups is 1. The number of ether oxygens (including phenoxy) is 2. The summed E-state index contributed by atoms with van der Waals surface area (Å²) in [6.45, 7) is 6.04. The first kappa shape index (κ1) is 25.5. The Kier molecular flexibility index (Phi) is 6.15. The monoisotopic (exact) mass is 495 g/mol. The van der Waals surface area contributed by atoms with Crippen molar-refractivity contribution in [3.63, 3.8) is 0 Å². The largest absolute Gasteiger partial charge is 0.460 e. The molecule has 33 heavy (non-hydrogen) atoms. The van der Waals surface area contributed by atoms with Gasteiger partial charge in [0.15, 0.2) is 6.61 Å². The second-order valence-electron chi connectivity index (χ2n) is 10.1. The summed E-state index contributed by atoms with van der Waals surface area (Å²) in [4.78, 5) is 52.4. The molecule has 3 aliphatic rings. The van der Waals surface area contributed by atoms with Gasteiger partial charge in [-0.25, -0.2) is 0 Å². The Morgan fingerprint density at radius 2 is 1.76 bits per heavy atom. The quantitative estimate of drug-likeness (QED) is 0.425. The molecule has 1 N–H and O–H groups in total. The number of carbonyl (C=O) groups excluding carboxylic acids is 4. The van der Waals surface area contributed by atoms with Crippen LogP contribution in [0.25, 0.3) is 0 Å². The van der Waals surface area contributed by atoms with E-state index in [-0.39, 0.29) is 6.42 Å². The predicted molar refractivity (Wildman–Crippen MR) is 106 cm³/mol. The number of likely N-dealkylation sites (tertiary alicyclic amines) is 1. The molecule has 1 heterocycles. The Morgan fingerprint density at radius 3 is 2.24 bits per heavy atom. The van der Waals surface area contributed by atoms with Crippen LogP contribution in [0.4, 0.5) is 8.78 Å². The Hall–Kier alpha value is -2.15. The van der Waals surface area contributed by atoms with Crippen LogP contribution in [-0.2, 0) is 38.8 Å². The van der Waals surface area contributed by atoms with Crippen molar-refractivity contribution in [3.05, 3.63) is 0 Å². The highest BCUT2D eigenvalue weighted by atomic mass is 32.2. The van der Waals surface area contributed by atoms with E-state index in [0.29, 0.717) is 0 Å². The summed E-state index contributed by atoms with van der Waals surface area (Å²) < 4.78 is 67.4. The van der Waals surface area contributed by atoms with E-state index in [2.05, 4.69) is 4.74 Å². The van der Waals surface area contributed by atoms with Gasteiger partial charge in [0.1, 0.15) is 6.10 Å². The molecule has 2 amide bonds. The van der Waals surface area contributed by atoms with E-state index in [1.54, 1.807) is 34.6 Å². The van der Waals surface area contributed by atoms with Gasteiger partial charge in [-0.3, -0.25) is 28.6 Å². The number of nitrogens with zero attached hydrogens (tertiary/aromatic N) is 1. The van der Waals surface area contributed by atoms with Crippen LogP contribution in [0.15, 0.2) is 0 Å². The second-order valence-corrected chi connectivity index (χ2v) is 11.7. The smallest absolute Gasteiger partial charge is 0.402 e. The molecule has 3 fully saturated rings. The number of hydrogen-bond donors (Lipinski definition) is 1. The van der Waals surface area contributed by atoms with Crippen LogP contribution < -0.4 is 0 Å². The standard InChI is InChI=1S/C20H27F2NO9S/c1-8(2)16(25)32-14-10-6-9-11(15(24)23(13(9)14)18(27)19(3,4)5)12(10)17(26)31-7-20(21,22)33(28,29)30/h8-14H,6-7H2,1-5H3,(H,28,29,30). The van der Waals surface area contributed by atoms with Gasteiger partial charge in [-0.05, 0) is 12.3 Å². The molecule has 0 aromatic rings. The zero-order valence-electron chi connectivity index (χ0n) is 18.8. The number of esters is 2. The van der Waals surface area contributed by atoms with Gasteiger partial charge >= 0.3 is 27.3 Å². The maximum absolute atomic E-state index is 13.6.